The molecule has 24 heteroatoms. The number of aromatic hydroxyl groups is 6. The van der Waals surface area contributed by atoms with Crippen LogP contribution in [0.2, 0.25) is 0 Å². The minimum absolute atomic E-state index is 0.420. The summed E-state index contributed by atoms with van der Waals surface area (Å²) in [6.45, 7) is 6.90. The van der Waals surface area contributed by atoms with E-state index in [1.54, 1.807) is 0 Å². The van der Waals surface area contributed by atoms with Gasteiger partial charge in [-0.1, -0.05) is 18.2 Å². The quantitative estimate of drug-likeness (QED) is 0.0585. The molecular weight excluding hydrogens is 876 g/mol. The summed E-state index contributed by atoms with van der Waals surface area (Å²) in [5, 5.41) is 73.5. The zero-order chi connectivity index (χ0) is 49.3. The Morgan fingerprint density at radius 3 is 0.894 bits per heavy atom. The molecule has 9 atom stereocenters. The molecule has 0 spiro atoms. The van der Waals surface area contributed by atoms with E-state index in [2.05, 4.69) is 31.9 Å². The van der Waals surface area contributed by atoms with Gasteiger partial charge in [-0.3, -0.25) is 28.8 Å². The number of hydrogen-bond acceptors (Lipinski definition) is 18. The first kappa shape index (κ1) is 50.3. The van der Waals surface area contributed by atoms with Crippen LogP contribution in [0.5, 0.6) is 34.5 Å². The molecule has 0 bridgehead atoms. The molecule has 1 aliphatic heterocycles. The van der Waals surface area contributed by atoms with Crippen LogP contribution >= 0.6 is 0 Å². The highest BCUT2D eigenvalue weighted by atomic mass is 16.6. The normalized spacial score (nSPS) is 21.3. The molecule has 24 nitrogen and oxygen atoms in total. The van der Waals surface area contributed by atoms with E-state index in [9.17, 15) is 73.8 Å². The number of hydrogen-bond donors (Lipinski definition) is 12. The molecule has 1 saturated heterocycles. The van der Waals surface area contributed by atoms with Crippen molar-refractivity contribution in [2.75, 3.05) is 0 Å². The van der Waals surface area contributed by atoms with Crippen LogP contribution in [0.3, 0.4) is 0 Å². The van der Waals surface area contributed by atoms with Gasteiger partial charge in [0.25, 0.3) is 17.7 Å². The maximum Gasteiger partial charge on any atom is 0.332 e. The lowest BCUT2D eigenvalue weighted by Crippen LogP contribution is -2.61. The predicted octanol–water partition coefficient (Wildman–Crippen LogP) is -1.06. The van der Waals surface area contributed by atoms with Crippen molar-refractivity contribution in [1.82, 2.24) is 31.9 Å². The van der Waals surface area contributed by atoms with Crippen LogP contribution in [0, 0.1) is 0 Å². The third-order valence-corrected chi connectivity index (χ3v) is 9.97. The Labute approximate surface area is 374 Å². The number of phenolic OH excluding ortho intramolecular Hbond substituents is 6. The molecule has 6 amide bonds. The lowest BCUT2D eigenvalue weighted by atomic mass is 10.1. The van der Waals surface area contributed by atoms with Crippen LogP contribution in [0.25, 0.3) is 0 Å². The van der Waals surface area contributed by atoms with Gasteiger partial charge in [-0.25, -0.2) is 14.4 Å². The number of benzene rings is 3. The summed E-state index contributed by atoms with van der Waals surface area (Å²) in [6, 6.07) is 0.0659. The van der Waals surface area contributed by atoms with E-state index in [0.717, 1.165) is 57.2 Å². The monoisotopic (exact) mass is 924 g/mol. The van der Waals surface area contributed by atoms with E-state index < -0.39 is 159 Å². The molecule has 66 heavy (non-hydrogen) atoms. The first-order valence-corrected chi connectivity index (χ1v) is 19.9. The van der Waals surface area contributed by atoms with E-state index in [1.165, 1.54) is 39.0 Å². The van der Waals surface area contributed by atoms with Gasteiger partial charge in [-0.2, -0.15) is 0 Å². The maximum absolute atomic E-state index is 13.9. The Morgan fingerprint density at radius 1 is 0.439 bits per heavy atom. The fourth-order valence-electron chi connectivity index (χ4n) is 6.08. The molecule has 0 aliphatic carbocycles. The second kappa shape index (κ2) is 21.4. The molecule has 1 fully saturated rings. The van der Waals surface area contributed by atoms with E-state index in [-0.39, 0.29) is 0 Å². The number of cyclic esters (lactones) is 3. The molecule has 1 heterocycles. The van der Waals surface area contributed by atoms with E-state index in [1.807, 2.05) is 0 Å². The van der Waals surface area contributed by atoms with E-state index in [4.69, 9.17) is 14.2 Å². The molecule has 12 N–H and O–H groups in total. The third kappa shape index (κ3) is 12.0. The van der Waals surface area contributed by atoms with Crippen molar-refractivity contribution in [2.24, 2.45) is 0 Å². The van der Waals surface area contributed by atoms with E-state index >= 15 is 0 Å². The predicted molar refractivity (Wildman–Crippen MR) is 223 cm³/mol. The average Bonchev–Trinajstić information content (AvgIpc) is 3.25. The fraction of sp³-hybridized carbons (Fsp3) is 0.357. The van der Waals surface area contributed by atoms with Crippen molar-refractivity contribution < 1.29 is 88.0 Å². The van der Waals surface area contributed by atoms with E-state index in [0.29, 0.717) is 0 Å². The summed E-state index contributed by atoms with van der Waals surface area (Å²) in [6.07, 6.45) is -5.07. The van der Waals surface area contributed by atoms with Gasteiger partial charge in [0.15, 0.2) is 52.6 Å². The van der Waals surface area contributed by atoms with Crippen molar-refractivity contribution in [3.63, 3.8) is 0 Å². The highest BCUT2D eigenvalue weighted by Gasteiger charge is 2.43. The van der Waals surface area contributed by atoms with Gasteiger partial charge < -0.3 is 76.8 Å². The summed E-state index contributed by atoms with van der Waals surface area (Å²) < 4.78 is 16.5. The number of carbonyl (C=O) groups is 9. The van der Waals surface area contributed by atoms with Gasteiger partial charge in [0.05, 0.1) is 16.7 Å². The third-order valence-electron chi connectivity index (χ3n) is 9.97. The zero-order valence-corrected chi connectivity index (χ0v) is 36.0. The summed E-state index contributed by atoms with van der Waals surface area (Å²) in [5.41, 5.74) is -1.26. The number of rotatable bonds is 12. The minimum atomic E-state index is -1.96. The molecule has 0 saturated carbocycles. The molecule has 0 aromatic heterocycles. The maximum atomic E-state index is 13.9. The molecular formula is C42H48N6O18. The fourth-order valence-corrected chi connectivity index (χ4v) is 6.08. The Hall–Kier alpha value is -8.31. The van der Waals surface area contributed by atoms with Crippen molar-refractivity contribution in [2.45, 2.75) is 96.1 Å². The largest absolute Gasteiger partial charge is 0.504 e. The molecule has 354 valence electrons. The Bertz CT molecular complexity index is 2150. The van der Waals surface area contributed by atoms with Crippen molar-refractivity contribution in [3.05, 3.63) is 71.3 Å². The number of phenols is 6. The van der Waals surface area contributed by atoms with Crippen LogP contribution in [0.1, 0.15) is 72.6 Å². The Kier molecular flexibility index (Phi) is 16.3. The lowest BCUT2D eigenvalue weighted by Gasteiger charge is -2.33. The van der Waals surface area contributed by atoms with Gasteiger partial charge in [0.2, 0.25) is 17.7 Å². The Balaban J connectivity index is 1.64. The number of ether oxygens (including phenoxy) is 3. The topological polar surface area (TPSA) is 375 Å². The molecule has 1 aliphatic rings. The van der Waals surface area contributed by atoms with Crippen molar-refractivity contribution in [1.29, 1.82) is 0 Å². The number of esters is 3. The van der Waals surface area contributed by atoms with Gasteiger partial charge in [0, 0.05) is 0 Å². The molecule has 0 radical (unpaired) electrons. The van der Waals surface area contributed by atoms with Crippen LogP contribution in [0.4, 0.5) is 0 Å². The van der Waals surface area contributed by atoms with Gasteiger partial charge in [-0.15, -0.1) is 0 Å². The van der Waals surface area contributed by atoms with Crippen LogP contribution in [-0.2, 0) is 43.0 Å². The van der Waals surface area contributed by atoms with Gasteiger partial charge in [0.1, 0.15) is 36.4 Å². The standard InChI is InChI=1S/C42H48N6O18/c1-16(43-37(58)22-10-7-13-25(49)31(22)52)34(55)46-28-19(4)64-41(62)30(48-36(57)18(3)45-39(60)24-12-9-15-27(51)33(24)54)21(6)66-42(63)29(20(5)65-40(28)61)47-35(56)17(2)44-38(59)23-11-8-14-26(50)32(23)53/h7-21,28-30,49-54H,1-6H3,(H,43,58)(H,44,59)(H,45,60)(H,46,55)(H,47,56)(H,48,57). The van der Waals surface area contributed by atoms with Crippen LogP contribution < -0.4 is 31.9 Å². The summed E-state index contributed by atoms with van der Waals surface area (Å²) in [5.74, 6) is -14.8. The lowest BCUT2D eigenvalue weighted by molar-refractivity contribution is -0.175. The summed E-state index contributed by atoms with van der Waals surface area (Å²) >= 11 is 0. The van der Waals surface area contributed by atoms with Crippen molar-refractivity contribution in [3.8, 4) is 34.5 Å². The number of carbonyl (C=O) groups excluding carboxylic acids is 9. The summed E-state index contributed by atoms with van der Waals surface area (Å²) in [7, 11) is 0. The smallest absolute Gasteiger partial charge is 0.332 e. The van der Waals surface area contributed by atoms with Crippen molar-refractivity contribution >= 4 is 53.4 Å². The first-order valence-electron chi connectivity index (χ1n) is 19.9. The first-order chi connectivity index (χ1) is 30.9. The average molecular weight is 925 g/mol. The van der Waals surface area contributed by atoms with Gasteiger partial charge in [-0.05, 0) is 77.9 Å². The molecule has 9 unspecified atom stereocenters. The summed E-state index contributed by atoms with van der Waals surface area (Å²) in [4.78, 5) is 121. The number of nitrogens with one attached hydrogen (secondary N) is 6. The molecule has 4 rings (SSSR count). The second-order valence-corrected chi connectivity index (χ2v) is 15.0. The zero-order valence-electron chi connectivity index (χ0n) is 36.0. The Morgan fingerprint density at radius 2 is 0.667 bits per heavy atom. The van der Waals surface area contributed by atoms with Crippen LogP contribution in [0.15, 0.2) is 54.6 Å². The SMILES string of the molecule is CC(NC(=O)c1cccc(O)c1O)C(=O)NC1C(=O)OC(C)C(NC(=O)C(C)NC(=O)c2cccc(O)c2O)C(=O)OC(C)C(NC(=O)C(C)NC(=O)c2cccc(O)c2O)C(=O)OC1C. The number of para-hydroxylation sites is 3. The minimum Gasteiger partial charge on any atom is -0.504 e. The molecule has 3 aromatic carbocycles. The van der Waals surface area contributed by atoms with Crippen LogP contribution in [-0.4, -0.2) is 139 Å². The number of amides is 6. The van der Waals surface area contributed by atoms with Gasteiger partial charge >= 0.3 is 17.9 Å². The second-order valence-electron chi connectivity index (χ2n) is 15.0. The highest BCUT2D eigenvalue weighted by molar-refractivity contribution is 6.02. The molecule has 3 aromatic rings. The highest BCUT2D eigenvalue weighted by Crippen LogP contribution is 2.30.